The summed E-state index contributed by atoms with van der Waals surface area (Å²) in [5.74, 6) is 0.791. The molecule has 2 saturated heterocycles. The molecule has 9 atom stereocenters. The van der Waals surface area contributed by atoms with Gasteiger partial charge in [0.1, 0.15) is 6.10 Å². The summed E-state index contributed by atoms with van der Waals surface area (Å²) in [6, 6.07) is 0. The van der Waals surface area contributed by atoms with Crippen molar-refractivity contribution in [3.63, 3.8) is 0 Å². The summed E-state index contributed by atoms with van der Waals surface area (Å²) in [5.41, 5.74) is -0.197. The normalized spacial score (nSPS) is 47.4. The Morgan fingerprint density at radius 2 is 1.91 bits per heavy atom. The SMILES string of the molecule is CC(=O)O[C@H]1CC[C@]2(C)C3CC[C@]4(C)[C@@H]([C@H](C)CCCC(C)C)C[C@H]5OO[C@@]4(O5)C3=CC[C@@]2(O)C1. The first kappa shape index (κ1) is 25.7. The van der Waals surface area contributed by atoms with Crippen LogP contribution in [0.15, 0.2) is 11.6 Å². The molecule has 2 saturated carbocycles. The number of hydrogen-bond acceptors (Lipinski definition) is 6. The molecule has 6 heteroatoms. The van der Waals surface area contributed by atoms with E-state index in [1.807, 2.05) is 0 Å². The van der Waals surface area contributed by atoms with Gasteiger partial charge in [0.25, 0.3) is 0 Å². The largest absolute Gasteiger partial charge is 0.462 e. The van der Waals surface area contributed by atoms with Crippen molar-refractivity contribution in [2.45, 2.75) is 130 Å². The topological polar surface area (TPSA) is 74.2 Å². The maximum Gasteiger partial charge on any atom is 0.302 e. The molecule has 1 spiro atoms. The Balaban J connectivity index is 1.44. The van der Waals surface area contributed by atoms with Gasteiger partial charge >= 0.3 is 5.97 Å². The van der Waals surface area contributed by atoms with Crippen LogP contribution in [0.1, 0.15) is 106 Å². The molecule has 3 aliphatic carbocycles. The second-order valence-corrected chi connectivity index (χ2v) is 13.3. The monoisotopic (exact) mass is 490 g/mol. The quantitative estimate of drug-likeness (QED) is 0.277. The van der Waals surface area contributed by atoms with Gasteiger partial charge < -0.3 is 14.6 Å². The van der Waals surface area contributed by atoms with E-state index >= 15 is 0 Å². The predicted octanol–water partition coefficient (Wildman–Crippen LogP) is 6.07. The van der Waals surface area contributed by atoms with Gasteiger partial charge in [0.2, 0.25) is 5.79 Å². The van der Waals surface area contributed by atoms with Crippen molar-refractivity contribution in [3.05, 3.63) is 11.6 Å². The highest BCUT2D eigenvalue weighted by molar-refractivity contribution is 5.66. The Bertz CT molecular complexity index is 869. The fourth-order valence-corrected chi connectivity index (χ4v) is 8.68. The first-order valence-electron chi connectivity index (χ1n) is 14.1. The van der Waals surface area contributed by atoms with Crippen molar-refractivity contribution in [1.82, 2.24) is 0 Å². The number of rotatable bonds is 6. The molecule has 5 aliphatic rings. The molecular formula is C29H46O6. The van der Waals surface area contributed by atoms with E-state index in [-0.39, 0.29) is 35.1 Å². The van der Waals surface area contributed by atoms with Gasteiger partial charge in [0, 0.05) is 30.6 Å². The molecule has 1 N–H and O–H groups in total. The van der Waals surface area contributed by atoms with Crippen LogP contribution < -0.4 is 0 Å². The molecule has 2 heterocycles. The lowest BCUT2D eigenvalue weighted by Gasteiger charge is -2.64. The zero-order valence-electron chi connectivity index (χ0n) is 22.6. The number of ether oxygens (including phenoxy) is 2. The minimum absolute atomic E-state index is 0.157. The number of hydrogen-bond donors (Lipinski definition) is 1. The number of aliphatic hydroxyl groups is 1. The molecule has 198 valence electrons. The minimum atomic E-state index is -0.902. The first-order chi connectivity index (χ1) is 16.4. The third-order valence-electron chi connectivity index (χ3n) is 10.8. The van der Waals surface area contributed by atoms with Gasteiger partial charge in [-0.15, -0.1) is 0 Å². The summed E-state index contributed by atoms with van der Waals surface area (Å²) in [5, 5.41) is 11.9. The summed E-state index contributed by atoms with van der Waals surface area (Å²) in [6.45, 7) is 13.1. The third kappa shape index (κ3) is 3.84. The van der Waals surface area contributed by atoms with E-state index in [0.29, 0.717) is 24.7 Å². The number of fused-ring (bicyclic) bond motifs is 4. The van der Waals surface area contributed by atoms with Crippen LogP contribution in [0.4, 0.5) is 0 Å². The van der Waals surface area contributed by atoms with Gasteiger partial charge in [-0.3, -0.25) is 4.79 Å². The van der Waals surface area contributed by atoms with E-state index in [0.717, 1.165) is 38.0 Å². The molecule has 0 aromatic rings. The highest BCUT2D eigenvalue weighted by Crippen LogP contribution is 2.70. The van der Waals surface area contributed by atoms with Gasteiger partial charge in [0.05, 0.1) is 5.60 Å². The molecule has 2 aliphatic heterocycles. The number of carbonyl (C=O) groups is 1. The second-order valence-electron chi connectivity index (χ2n) is 13.3. The van der Waals surface area contributed by atoms with Crippen LogP contribution >= 0.6 is 0 Å². The molecule has 4 fully saturated rings. The highest BCUT2D eigenvalue weighted by atomic mass is 17.3. The molecule has 0 aromatic carbocycles. The molecule has 6 nitrogen and oxygen atoms in total. The van der Waals surface area contributed by atoms with Crippen LogP contribution in [-0.4, -0.2) is 34.9 Å². The van der Waals surface area contributed by atoms with E-state index < -0.39 is 11.4 Å². The van der Waals surface area contributed by atoms with Crippen molar-refractivity contribution in [2.24, 2.45) is 34.5 Å². The third-order valence-corrected chi connectivity index (χ3v) is 10.8. The van der Waals surface area contributed by atoms with Crippen LogP contribution in [0.5, 0.6) is 0 Å². The molecule has 0 amide bonds. The average molecular weight is 491 g/mol. The molecule has 5 rings (SSSR count). The zero-order valence-corrected chi connectivity index (χ0v) is 22.6. The maximum absolute atomic E-state index is 11.9. The van der Waals surface area contributed by atoms with E-state index in [4.69, 9.17) is 19.2 Å². The van der Waals surface area contributed by atoms with E-state index in [2.05, 4.69) is 40.7 Å². The Hall–Kier alpha value is -0.950. The summed E-state index contributed by atoms with van der Waals surface area (Å²) in [7, 11) is 0. The summed E-state index contributed by atoms with van der Waals surface area (Å²) >= 11 is 0. The fourth-order valence-electron chi connectivity index (χ4n) is 8.68. The van der Waals surface area contributed by atoms with Crippen LogP contribution in [0, 0.1) is 34.5 Å². The highest BCUT2D eigenvalue weighted by Gasteiger charge is 2.72. The van der Waals surface area contributed by atoms with E-state index in [1.54, 1.807) is 0 Å². The standard InChI is InChI=1S/C29H46O6/c1-18(2)8-7-9-19(3)24-16-25-33-29(35-34-25)23-12-15-28(31)17-21(32-20(4)30)10-13-26(28,5)22(23)11-14-27(24,29)6/h12,18-19,21-22,24-25,31H,7-11,13-17H2,1-6H3/t19-,21+,22?,24-,25-,26-,27-,28-,29+/m1/s1. The first-order valence-corrected chi connectivity index (χ1v) is 14.1. The molecule has 2 bridgehead atoms. The summed E-state index contributed by atoms with van der Waals surface area (Å²) in [4.78, 5) is 23.7. The summed E-state index contributed by atoms with van der Waals surface area (Å²) in [6.07, 6.45) is 10.9. The van der Waals surface area contributed by atoms with Crippen LogP contribution in [-0.2, 0) is 24.0 Å². The van der Waals surface area contributed by atoms with Gasteiger partial charge in [-0.2, -0.15) is 4.89 Å². The van der Waals surface area contributed by atoms with E-state index in [9.17, 15) is 9.90 Å². The average Bonchev–Trinajstić information content (AvgIpc) is 3.15. The van der Waals surface area contributed by atoms with Gasteiger partial charge in [-0.25, -0.2) is 4.89 Å². The minimum Gasteiger partial charge on any atom is -0.462 e. The van der Waals surface area contributed by atoms with Gasteiger partial charge in [-0.05, 0) is 61.3 Å². The Morgan fingerprint density at radius 3 is 2.63 bits per heavy atom. The van der Waals surface area contributed by atoms with Crippen LogP contribution in [0.2, 0.25) is 0 Å². The van der Waals surface area contributed by atoms with Crippen molar-refractivity contribution < 1.29 is 29.1 Å². The lowest BCUT2D eigenvalue weighted by Crippen LogP contribution is -2.67. The van der Waals surface area contributed by atoms with Gasteiger partial charge in [0.15, 0.2) is 6.29 Å². The molecule has 0 radical (unpaired) electrons. The molecular weight excluding hydrogens is 444 g/mol. The fraction of sp³-hybridized carbons (Fsp3) is 0.897. The van der Waals surface area contributed by atoms with Crippen LogP contribution in [0.3, 0.4) is 0 Å². The summed E-state index contributed by atoms with van der Waals surface area (Å²) < 4.78 is 12.2. The maximum atomic E-state index is 11.9. The lowest BCUT2D eigenvalue weighted by atomic mass is 9.45. The second kappa shape index (κ2) is 8.82. The van der Waals surface area contributed by atoms with Crippen molar-refractivity contribution >= 4 is 5.97 Å². The Kier molecular flexibility index (Phi) is 6.47. The lowest BCUT2D eigenvalue weighted by molar-refractivity contribution is -0.354. The molecule has 0 aromatic heterocycles. The Labute approximate surface area is 211 Å². The van der Waals surface area contributed by atoms with Crippen molar-refractivity contribution in [1.29, 1.82) is 0 Å². The zero-order chi connectivity index (χ0) is 25.2. The van der Waals surface area contributed by atoms with Crippen LogP contribution in [0.25, 0.3) is 0 Å². The molecule has 35 heavy (non-hydrogen) atoms. The number of esters is 1. The van der Waals surface area contributed by atoms with Gasteiger partial charge in [-0.1, -0.05) is 60.0 Å². The van der Waals surface area contributed by atoms with E-state index in [1.165, 1.54) is 31.8 Å². The molecule has 1 unspecified atom stereocenters. The number of carbonyl (C=O) groups excluding carboxylic acids is 1. The Morgan fingerprint density at radius 1 is 1.17 bits per heavy atom. The smallest absolute Gasteiger partial charge is 0.302 e. The predicted molar refractivity (Wildman–Crippen MR) is 132 cm³/mol. The van der Waals surface area contributed by atoms with Crippen molar-refractivity contribution in [2.75, 3.05) is 0 Å². The van der Waals surface area contributed by atoms with Crippen molar-refractivity contribution in [3.8, 4) is 0 Å².